The molecule has 0 saturated heterocycles. The fraction of sp³-hybridized carbons (Fsp3) is 0.200. The number of hydrogen-bond acceptors (Lipinski definition) is 1. The summed E-state index contributed by atoms with van der Waals surface area (Å²) in [6.07, 6.45) is 0.698. The SMILES string of the molecule is CNC(Cc1ccc(Br)cc1Cl)c1ccc(Br)c(F)c1. The zero-order valence-electron chi connectivity index (χ0n) is 10.8. The highest BCUT2D eigenvalue weighted by molar-refractivity contribution is 9.10. The minimum atomic E-state index is -0.260. The Kier molecular flexibility index (Phi) is 5.61. The molecule has 2 aromatic carbocycles. The highest BCUT2D eigenvalue weighted by Gasteiger charge is 2.14. The van der Waals surface area contributed by atoms with E-state index in [9.17, 15) is 4.39 Å². The third-order valence-corrected chi connectivity index (χ3v) is 4.62. The number of rotatable bonds is 4. The summed E-state index contributed by atoms with van der Waals surface area (Å²) in [5.41, 5.74) is 1.92. The van der Waals surface area contributed by atoms with Crippen LogP contribution in [0.3, 0.4) is 0 Å². The Morgan fingerprint density at radius 3 is 2.55 bits per heavy atom. The van der Waals surface area contributed by atoms with Crippen molar-refractivity contribution in [2.45, 2.75) is 12.5 Å². The van der Waals surface area contributed by atoms with Crippen molar-refractivity contribution in [2.75, 3.05) is 7.05 Å². The van der Waals surface area contributed by atoms with E-state index >= 15 is 0 Å². The molecule has 2 aromatic rings. The quantitative estimate of drug-likeness (QED) is 0.687. The van der Waals surface area contributed by atoms with Crippen LogP contribution >= 0.6 is 43.5 Å². The van der Waals surface area contributed by atoms with Crippen molar-refractivity contribution in [3.8, 4) is 0 Å². The predicted octanol–water partition coefficient (Wildman–Crippen LogP) is 5.51. The Morgan fingerprint density at radius 2 is 1.95 bits per heavy atom. The first-order chi connectivity index (χ1) is 9.51. The first kappa shape index (κ1) is 16.0. The summed E-state index contributed by atoms with van der Waals surface area (Å²) in [6.45, 7) is 0. The maximum Gasteiger partial charge on any atom is 0.137 e. The summed E-state index contributed by atoms with van der Waals surface area (Å²) in [7, 11) is 1.86. The van der Waals surface area contributed by atoms with Crippen LogP contribution in [-0.2, 0) is 6.42 Å². The molecule has 0 amide bonds. The summed E-state index contributed by atoms with van der Waals surface area (Å²) in [5, 5.41) is 3.91. The second-order valence-corrected chi connectivity index (χ2v) is 6.63. The van der Waals surface area contributed by atoms with Gasteiger partial charge in [0.2, 0.25) is 0 Å². The van der Waals surface area contributed by atoms with E-state index in [0.717, 1.165) is 15.6 Å². The van der Waals surface area contributed by atoms with Crippen molar-refractivity contribution in [3.05, 3.63) is 67.3 Å². The molecule has 20 heavy (non-hydrogen) atoms. The fourth-order valence-electron chi connectivity index (χ4n) is 2.02. The number of hydrogen-bond donors (Lipinski definition) is 1. The van der Waals surface area contributed by atoms with Gasteiger partial charge in [-0.3, -0.25) is 0 Å². The third kappa shape index (κ3) is 3.82. The van der Waals surface area contributed by atoms with Gasteiger partial charge in [-0.15, -0.1) is 0 Å². The Hall–Kier alpha value is -0.420. The molecule has 1 nitrogen and oxygen atoms in total. The first-order valence-corrected chi connectivity index (χ1v) is 8.04. The van der Waals surface area contributed by atoms with Crippen LogP contribution in [0.25, 0.3) is 0 Å². The molecule has 0 aromatic heterocycles. The molecule has 106 valence electrons. The fourth-order valence-corrected chi connectivity index (χ4v) is 3.02. The van der Waals surface area contributed by atoms with E-state index in [4.69, 9.17) is 11.6 Å². The van der Waals surface area contributed by atoms with Gasteiger partial charge < -0.3 is 5.32 Å². The molecule has 1 N–H and O–H groups in total. The van der Waals surface area contributed by atoms with Crippen LogP contribution < -0.4 is 5.32 Å². The zero-order chi connectivity index (χ0) is 14.7. The summed E-state index contributed by atoms with van der Waals surface area (Å²) >= 11 is 12.8. The van der Waals surface area contributed by atoms with Crippen LogP contribution in [0.15, 0.2) is 45.3 Å². The average molecular weight is 422 g/mol. The van der Waals surface area contributed by atoms with Gasteiger partial charge in [-0.05, 0) is 64.8 Å². The van der Waals surface area contributed by atoms with E-state index in [2.05, 4.69) is 37.2 Å². The van der Waals surface area contributed by atoms with Crippen molar-refractivity contribution in [3.63, 3.8) is 0 Å². The molecule has 0 radical (unpaired) electrons. The predicted molar refractivity (Wildman–Crippen MR) is 88.8 cm³/mol. The van der Waals surface area contributed by atoms with E-state index in [0.29, 0.717) is 15.9 Å². The smallest absolute Gasteiger partial charge is 0.137 e. The van der Waals surface area contributed by atoms with Crippen LogP contribution in [0.1, 0.15) is 17.2 Å². The lowest BCUT2D eigenvalue weighted by atomic mass is 9.99. The average Bonchev–Trinajstić information content (AvgIpc) is 2.41. The highest BCUT2D eigenvalue weighted by Crippen LogP contribution is 2.27. The van der Waals surface area contributed by atoms with Gasteiger partial charge >= 0.3 is 0 Å². The number of benzene rings is 2. The number of halogens is 4. The molecule has 0 aliphatic rings. The topological polar surface area (TPSA) is 12.0 Å². The van der Waals surface area contributed by atoms with Crippen molar-refractivity contribution in [2.24, 2.45) is 0 Å². The maximum absolute atomic E-state index is 13.6. The van der Waals surface area contributed by atoms with Crippen molar-refractivity contribution in [1.29, 1.82) is 0 Å². The molecule has 0 saturated carbocycles. The van der Waals surface area contributed by atoms with E-state index < -0.39 is 0 Å². The summed E-state index contributed by atoms with van der Waals surface area (Å²) in [4.78, 5) is 0. The molecule has 0 spiro atoms. The lowest BCUT2D eigenvalue weighted by Crippen LogP contribution is -2.19. The van der Waals surface area contributed by atoms with Crippen LogP contribution in [0, 0.1) is 5.82 Å². The van der Waals surface area contributed by atoms with Gasteiger partial charge in [0, 0.05) is 15.5 Å². The van der Waals surface area contributed by atoms with Gasteiger partial charge in [0.1, 0.15) is 5.82 Å². The van der Waals surface area contributed by atoms with E-state index in [1.54, 1.807) is 6.07 Å². The van der Waals surface area contributed by atoms with Crippen LogP contribution in [0.5, 0.6) is 0 Å². The highest BCUT2D eigenvalue weighted by atomic mass is 79.9. The van der Waals surface area contributed by atoms with E-state index in [1.165, 1.54) is 6.07 Å². The molecule has 0 heterocycles. The summed E-state index contributed by atoms with van der Waals surface area (Å²) in [5.74, 6) is -0.260. The second kappa shape index (κ2) is 7.03. The largest absolute Gasteiger partial charge is 0.313 e. The van der Waals surface area contributed by atoms with Crippen molar-refractivity contribution in [1.82, 2.24) is 5.32 Å². The molecule has 0 aliphatic carbocycles. The number of nitrogens with one attached hydrogen (secondary N) is 1. The summed E-state index contributed by atoms with van der Waals surface area (Å²) in [6, 6.07) is 11.0. The van der Waals surface area contributed by atoms with Crippen LogP contribution in [-0.4, -0.2) is 7.05 Å². The molecule has 1 unspecified atom stereocenters. The van der Waals surface area contributed by atoms with Gasteiger partial charge in [0.05, 0.1) is 4.47 Å². The van der Waals surface area contributed by atoms with Gasteiger partial charge in [0.25, 0.3) is 0 Å². The maximum atomic E-state index is 13.6. The lowest BCUT2D eigenvalue weighted by Gasteiger charge is -2.18. The standard InChI is InChI=1S/C15H13Br2ClFN/c1-20-15(10-3-5-12(17)14(19)6-10)7-9-2-4-11(16)8-13(9)18/h2-6,8,15,20H,7H2,1H3. The monoisotopic (exact) mass is 419 g/mol. The lowest BCUT2D eigenvalue weighted by molar-refractivity contribution is 0.575. The van der Waals surface area contributed by atoms with Gasteiger partial charge in [-0.2, -0.15) is 0 Å². The molecule has 2 rings (SSSR count). The molecular formula is C15H13Br2ClFN. The Labute approximate surface area is 139 Å². The molecule has 1 atom stereocenters. The van der Waals surface area contributed by atoms with Crippen LogP contribution in [0.2, 0.25) is 5.02 Å². The second-order valence-electron chi connectivity index (χ2n) is 4.45. The van der Waals surface area contributed by atoms with Crippen molar-refractivity contribution >= 4 is 43.5 Å². The minimum Gasteiger partial charge on any atom is -0.313 e. The van der Waals surface area contributed by atoms with Gasteiger partial charge in [-0.25, -0.2) is 4.39 Å². The molecule has 0 bridgehead atoms. The first-order valence-electron chi connectivity index (χ1n) is 6.07. The molecular weight excluding hydrogens is 408 g/mol. The van der Waals surface area contributed by atoms with E-state index in [1.807, 2.05) is 31.3 Å². The minimum absolute atomic E-state index is 0.0104. The third-order valence-electron chi connectivity index (χ3n) is 3.13. The molecule has 5 heteroatoms. The van der Waals surface area contributed by atoms with E-state index in [-0.39, 0.29) is 11.9 Å². The Morgan fingerprint density at radius 1 is 1.20 bits per heavy atom. The van der Waals surface area contributed by atoms with Gasteiger partial charge in [0.15, 0.2) is 0 Å². The van der Waals surface area contributed by atoms with Gasteiger partial charge in [-0.1, -0.05) is 39.7 Å². The summed E-state index contributed by atoms with van der Waals surface area (Å²) < 4.78 is 15.1. The molecule has 0 aliphatic heterocycles. The van der Waals surface area contributed by atoms with Crippen molar-refractivity contribution < 1.29 is 4.39 Å². The number of likely N-dealkylation sites (N-methyl/N-ethyl adjacent to an activating group) is 1. The Balaban J connectivity index is 2.26. The zero-order valence-corrected chi connectivity index (χ0v) is 14.7. The Bertz CT molecular complexity index is 619. The molecule has 0 fully saturated rings. The normalized spacial score (nSPS) is 12.4. The van der Waals surface area contributed by atoms with Crippen LogP contribution in [0.4, 0.5) is 4.39 Å².